The number of alkyl halides is 2. The van der Waals surface area contributed by atoms with Gasteiger partial charge in [0, 0.05) is 19.1 Å². The number of likely N-dealkylation sites (tertiary alicyclic amines) is 1. The number of rotatable bonds is 6. The minimum absolute atomic E-state index is 0.0137. The van der Waals surface area contributed by atoms with Crippen LogP contribution in [0.25, 0.3) is 0 Å². The molecule has 4 nitrogen and oxygen atoms in total. The molecule has 0 aromatic heterocycles. The normalized spacial score (nSPS) is 25.0. The molecule has 1 saturated heterocycles. The summed E-state index contributed by atoms with van der Waals surface area (Å²) >= 11 is 0. The molecule has 1 rings (SSSR count). The summed E-state index contributed by atoms with van der Waals surface area (Å²) in [4.78, 5) is 13.3. The Morgan fingerprint density at radius 1 is 1.42 bits per heavy atom. The minimum atomic E-state index is -2.34. The second-order valence-corrected chi connectivity index (χ2v) is 5.51. The largest absolute Gasteiger partial charge is 0.468 e. The Labute approximate surface area is 113 Å². The first-order valence-corrected chi connectivity index (χ1v) is 6.73. The maximum absolute atomic E-state index is 12.3. The number of nitrogens with one attached hydrogen (secondary N) is 1. The van der Waals surface area contributed by atoms with Crippen LogP contribution in [0.1, 0.15) is 20.3 Å². The molecule has 0 spiro atoms. The minimum Gasteiger partial charge on any atom is -0.468 e. The molecule has 1 aliphatic rings. The molecule has 1 heterocycles. The summed E-state index contributed by atoms with van der Waals surface area (Å²) in [7, 11) is 1.36. The number of esters is 1. The van der Waals surface area contributed by atoms with Crippen molar-refractivity contribution in [1.29, 1.82) is 0 Å². The molecule has 19 heavy (non-hydrogen) atoms. The highest BCUT2D eigenvalue weighted by atomic mass is 19.3. The van der Waals surface area contributed by atoms with E-state index in [2.05, 4.69) is 23.9 Å². The van der Waals surface area contributed by atoms with Crippen molar-refractivity contribution in [3.63, 3.8) is 0 Å². The highest BCUT2D eigenvalue weighted by molar-refractivity contribution is 5.71. The predicted molar refractivity (Wildman–Crippen MR) is 69.2 cm³/mol. The molecule has 0 aliphatic carbocycles. The zero-order valence-electron chi connectivity index (χ0n) is 11.9. The number of methoxy groups -OCH3 is 1. The fourth-order valence-corrected chi connectivity index (χ4v) is 2.50. The summed E-state index contributed by atoms with van der Waals surface area (Å²) in [5.74, 6) is 0.599. The second-order valence-electron chi connectivity index (χ2n) is 5.51. The van der Waals surface area contributed by atoms with E-state index >= 15 is 0 Å². The predicted octanol–water partition coefficient (Wildman–Crippen LogP) is 1.36. The summed E-state index contributed by atoms with van der Waals surface area (Å²) in [6.45, 7) is 5.62. The molecule has 1 aliphatic heterocycles. The van der Waals surface area contributed by atoms with Crippen LogP contribution in [-0.2, 0) is 9.53 Å². The van der Waals surface area contributed by atoms with E-state index in [1.807, 2.05) is 4.90 Å². The van der Waals surface area contributed by atoms with Gasteiger partial charge in [0.1, 0.15) is 0 Å². The molecule has 0 aromatic rings. The molecule has 112 valence electrons. The fraction of sp³-hybridized carbons (Fsp3) is 0.923. The Morgan fingerprint density at radius 2 is 2.11 bits per heavy atom. The third kappa shape index (κ3) is 5.82. The first kappa shape index (κ1) is 16.3. The van der Waals surface area contributed by atoms with Crippen molar-refractivity contribution in [2.24, 2.45) is 11.8 Å². The molecule has 0 saturated carbocycles. The van der Waals surface area contributed by atoms with Crippen molar-refractivity contribution in [2.45, 2.75) is 32.7 Å². The lowest BCUT2D eigenvalue weighted by atomic mass is 9.85. The molecular formula is C13H24F2N2O2. The summed E-state index contributed by atoms with van der Waals surface area (Å²) in [5.41, 5.74) is 0. The lowest BCUT2D eigenvalue weighted by Crippen LogP contribution is -2.52. The van der Waals surface area contributed by atoms with Crippen LogP contribution in [0, 0.1) is 11.8 Å². The summed E-state index contributed by atoms with van der Waals surface area (Å²) in [5, 5.41) is 2.88. The Balaban J connectivity index is 2.54. The number of hydrogen-bond donors (Lipinski definition) is 1. The van der Waals surface area contributed by atoms with Crippen LogP contribution in [0.3, 0.4) is 0 Å². The number of carbonyl (C=O) groups excluding carboxylic acids is 1. The van der Waals surface area contributed by atoms with Crippen molar-refractivity contribution in [2.75, 3.05) is 33.3 Å². The second kappa shape index (κ2) is 7.75. The van der Waals surface area contributed by atoms with Crippen LogP contribution in [0.2, 0.25) is 0 Å². The van der Waals surface area contributed by atoms with Crippen molar-refractivity contribution in [3.8, 4) is 0 Å². The van der Waals surface area contributed by atoms with Crippen LogP contribution in [0.15, 0.2) is 0 Å². The van der Waals surface area contributed by atoms with E-state index in [0.29, 0.717) is 18.4 Å². The molecule has 0 bridgehead atoms. The summed E-state index contributed by atoms with van der Waals surface area (Å²) < 4.78 is 29.2. The zero-order chi connectivity index (χ0) is 14.4. The van der Waals surface area contributed by atoms with Gasteiger partial charge in [0.15, 0.2) is 0 Å². The Hall–Kier alpha value is -0.750. The van der Waals surface area contributed by atoms with Gasteiger partial charge in [0.25, 0.3) is 6.43 Å². The number of hydrogen-bond acceptors (Lipinski definition) is 4. The third-order valence-corrected chi connectivity index (χ3v) is 3.64. The van der Waals surface area contributed by atoms with Gasteiger partial charge in [0.2, 0.25) is 0 Å². The van der Waals surface area contributed by atoms with Crippen molar-refractivity contribution in [1.82, 2.24) is 10.2 Å². The summed E-state index contributed by atoms with van der Waals surface area (Å²) in [6, 6.07) is 0.0137. The van der Waals surface area contributed by atoms with E-state index in [9.17, 15) is 13.6 Å². The number of carbonyl (C=O) groups is 1. The van der Waals surface area contributed by atoms with E-state index in [-0.39, 0.29) is 25.1 Å². The molecule has 6 heteroatoms. The van der Waals surface area contributed by atoms with Gasteiger partial charge in [-0.25, -0.2) is 8.78 Å². The zero-order valence-corrected chi connectivity index (χ0v) is 11.9. The topological polar surface area (TPSA) is 41.6 Å². The van der Waals surface area contributed by atoms with Crippen LogP contribution in [0.5, 0.6) is 0 Å². The van der Waals surface area contributed by atoms with Crippen molar-refractivity contribution in [3.05, 3.63) is 0 Å². The van der Waals surface area contributed by atoms with E-state index < -0.39 is 6.43 Å². The highest BCUT2D eigenvalue weighted by Crippen LogP contribution is 2.23. The van der Waals surface area contributed by atoms with Gasteiger partial charge in [-0.1, -0.05) is 13.8 Å². The number of ether oxygens (including phenoxy) is 1. The molecule has 0 amide bonds. The first-order chi connectivity index (χ1) is 8.92. The Kier molecular flexibility index (Phi) is 6.65. The van der Waals surface area contributed by atoms with Crippen LogP contribution >= 0.6 is 0 Å². The van der Waals surface area contributed by atoms with Crippen LogP contribution < -0.4 is 5.32 Å². The molecule has 1 N–H and O–H groups in total. The van der Waals surface area contributed by atoms with Gasteiger partial charge in [-0.2, -0.15) is 0 Å². The third-order valence-electron chi connectivity index (χ3n) is 3.64. The smallest absolute Gasteiger partial charge is 0.319 e. The maximum atomic E-state index is 12.3. The first-order valence-electron chi connectivity index (χ1n) is 6.73. The van der Waals surface area contributed by atoms with Crippen LogP contribution in [0.4, 0.5) is 8.78 Å². The SMILES string of the molecule is COC(=O)CN1CC(NCC(F)F)CC(C(C)C)C1. The highest BCUT2D eigenvalue weighted by Gasteiger charge is 2.30. The van der Waals surface area contributed by atoms with Gasteiger partial charge in [-0.15, -0.1) is 0 Å². The maximum Gasteiger partial charge on any atom is 0.319 e. The molecule has 2 unspecified atom stereocenters. The Bertz CT molecular complexity index is 288. The quantitative estimate of drug-likeness (QED) is 0.745. The monoisotopic (exact) mass is 278 g/mol. The average Bonchev–Trinajstić information content (AvgIpc) is 2.35. The number of nitrogens with zero attached hydrogens (tertiary/aromatic N) is 1. The van der Waals surface area contributed by atoms with E-state index in [1.165, 1.54) is 7.11 Å². The Morgan fingerprint density at radius 3 is 2.63 bits per heavy atom. The van der Waals surface area contributed by atoms with E-state index in [1.54, 1.807) is 0 Å². The molecule has 0 radical (unpaired) electrons. The summed E-state index contributed by atoms with van der Waals surface area (Å²) in [6.07, 6.45) is -1.46. The lowest BCUT2D eigenvalue weighted by molar-refractivity contribution is -0.142. The number of halogens is 2. The standard InChI is InChI=1S/C13H24F2N2O2/c1-9(2)10-4-11(16-5-12(14)15)7-17(6-10)8-13(18)19-3/h9-12,16H,4-8H2,1-3H3. The van der Waals surface area contributed by atoms with Gasteiger partial charge in [-0.3, -0.25) is 9.69 Å². The van der Waals surface area contributed by atoms with Gasteiger partial charge >= 0.3 is 5.97 Å². The van der Waals surface area contributed by atoms with Gasteiger partial charge in [-0.05, 0) is 18.3 Å². The molecular weight excluding hydrogens is 254 g/mol. The van der Waals surface area contributed by atoms with Crippen molar-refractivity contribution >= 4 is 5.97 Å². The fourth-order valence-electron chi connectivity index (χ4n) is 2.50. The molecule has 2 atom stereocenters. The van der Waals surface area contributed by atoms with Crippen LogP contribution in [-0.4, -0.2) is 56.6 Å². The number of piperidine rings is 1. The average molecular weight is 278 g/mol. The van der Waals surface area contributed by atoms with Gasteiger partial charge < -0.3 is 10.1 Å². The van der Waals surface area contributed by atoms with E-state index in [4.69, 9.17) is 0 Å². The van der Waals surface area contributed by atoms with E-state index in [0.717, 1.165) is 13.0 Å². The molecule has 1 fully saturated rings. The van der Waals surface area contributed by atoms with Crippen molar-refractivity contribution < 1.29 is 18.3 Å². The molecule has 0 aromatic carbocycles. The van der Waals surface area contributed by atoms with Gasteiger partial charge in [0.05, 0.1) is 20.2 Å². The lowest BCUT2D eigenvalue weighted by Gasteiger charge is -2.39.